The van der Waals surface area contributed by atoms with E-state index in [9.17, 15) is 9.18 Å². The maximum Gasteiger partial charge on any atom is 0.228 e. The first-order valence-electron chi connectivity index (χ1n) is 8.01. The summed E-state index contributed by atoms with van der Waals surface area (Å²) in [6.45, 7) is 2.42. The summed E-state index contributed by atoms with van der Waals surface area (Å²) < 4.78 is 13.2. The van der Waals surface area contributed by atoms with Gasteiger partial charge in [0.25, 0.3) is 0 Å². The molecule has 0 bridgehead atoms. The molecule has 0 spiro atoms. The minimum atomic E-state index is -0.291. The number of carbonyl (C=O) groups is 1. The van der Waals surface area contributed by atoms with E-state index in [1.54, 1.807) is 18.0 Å². The first-order chi connectivity index (χ1) is 12.0. The number of halogens is 1. The summed E-state index contributed by atoms with van der Waals surface area (Å²) in [6.07, 6.45) is 0.244. The Morgan fingerprint density at radius 1 is 1.20 bits per heavy atom. The number of nitrogens with zero attached hydrogens (tertiary/aromatic N) is 2. The number of benzene rings is 2. The van der Waals surface area contributed by atoms with Crippen molar-refractivity contribution in [3.05, 3.63) is 76.5 Å². The Balaban J connectivity index is 1.65. The van der Waals surface area contributed by atoms with Gasteiger partial charge in [-0.3, -0.25) is 4.79 Å². The van der Waals surface area contributed by atoms with Crippen LogP contribution in [0.1, 0.15) is 16.8 Å². The number of thiazole rings is 1. The number of hydrogen-bond donors (Lipinski definition) is 0. The molecule has 0 aliphatic carbocycles. The topological polar surface area (TPSA) is 33.2 Å². The number of aromatic nitrogens is 1. The fourth-order valence-electron chi connectivity index (χ4n) is 2.59. The van der Waals surface area contributed by atoms with Crippen LogP contribution in [-0.2, 0) is 17.8 Å². The summed E-state index contributed by atoms with van der Waals surface area (Å²) in [5, 5.41) is 2.84. The van der Waals surface area contributed by atoms with E-state index < -0.39 is 0 Å². The van der Waals surface area contributed by atoms with Gasteiger partial charge in [-0.25, -0.2) is 9.37 Å². The molecule has 0 N–H and O–H groups in total. The van der Waals surface area contributed by atoms with Crippen molar-refractivity contribution in [1.82, 2.24) is 9.88 Å². The lowest BCUT2D eigenvalue weighted by Gasteiger charge is -2.16. The molecule has 0 fully saturated rings. The van der Waals surface area contributed by atoms with Crippen LogP contribution in [0.15, 0.2) is 53.9 Å². The van der Waals surface area contributed by atoms with Crippen LogP contribution in [0.4, 0.5) is 4.39 Å². The van der Waals surface area contributed by atoms with E-state index in [1.807, 2.05) is 36.6 Å². The molecule has 128 valence electrons. The molecule has 1 aromatic heterocycles. The van der Waals surface area contributed by atoms with Crippen LogP contribution in [0.3, 0.4) is 0 Å². The van der Waals surface area contributed by atoms with Crippen molar-refractivity contribution in [2.75, 3.05) is 7.05 Å². The average Bonchev–Trinajstić information content (AvgIpc) is 3.03. The molecule has 3 nitrogen and oxygen atoms in total. The molecule has 1 amide bonds. The van der Waals surface area contributed by atoms with Crippen LogP contribution in [0.5, 0.6) is 0 Å². The Bertz CT molecular complexity index is 891. The number of amides is 1. The van der Waals surface area contributed by atoms with Gasteiger partial charge < -0.3 is 4.90 Å². The third-order valence-corrected chi connectivity index (χ3v) is 4.82. The lowest BCUT2D eigenvalue weighted by molar-refractivity contribution is -0.129. The smallest absolute Gasteiger partial charge is 0.228 e. The highest BCUT2D eigenvalue weighted by Gasteiger charge is 2.13. The van der Waals surface area contributed by atoms with E-state index in [4.69, 9.17) is 0 Å². The van der Waals surface area contributed by atoms with Gasteiger partial charge in [-0.15, -0.1) is 11.3 Å². The summed E-state index contributed by atoms with van der Waals surface area (Å²) in [7, 11) is 1.72. The van der Waals surface area contributed by atoms with Crippen LogP contribution in [0, 0.1) is 12.7 Å². The fraction of sp³-hybridized carbons (Fsp3) is 0.200. The van der Waals surface area contributed by atoms with Gasteiger partial charge in [-0.05, 0) is 30.7 Å². The maximum absolute atomic E-state index is 13.2. The van der Waals surface area contributed by atoms with Crippen molar-refractivity contribution in [1.29, 1.82) is 0 Å². The number of carbonyl (C=O) groups excluding carboxylic acids is 1. The molecule has 0 radical (unpaired) electrons. The second-order valence-corrected chi connectivity index (χ2v) is 6.93. The summed E-state index contributed by atoms with van der Waals surface area (Å²) in [5.41, 5.74) is 3.78. The van der Waals surface area contributed by atoms with Crippen LogP contribution in [0.25, 0.3) is 10.6 Å². The predicted molar refractivity (Wildman–Crippen MR) is 98.9 cm³/mol. The predicted octanol–water partition coefficient (Wildman–Crippen LogP) is 4.46. The second-order valence-electron chi connectivity index (χ2n) is 6.07. The number of likely N-dealkylation sites (N-methyl/N-ethyl adjacent to an activating group) is 1. The molecule has 0 unspecified atom stereocenters. The molecular formula is C20H19FN2OS. The molecule has 0 saturated heterocycles. The van der Waals surface area contributed by atoms with Crippen molar-refractivity contribution in [2.45, 2.75) is 19.9 Å². The first-order valence-corrected chi connectivity index (χ1v) is 8.89. The second kappa shape index (κ2) is 7.57. The maximum atomic E-state index is 13.2. The molecule has 2 aromatic carbocycles. The Hall–Kier alpha value is -2.53. The standard InChI is InChI=1S/C20H19FN2OS/c1-14-5-3-7-16(9-14)20-22-18(13-25-20)11-19(24)23(2)12-15-6-4-8-17(21)10-15/h3-10,13H,11-12H2,1-2H3. The van der Waals surface area contributed by atoms with Crippen molar-refractivity contribution in [3.8, 4) is 10.6 Å². The SMILES string of the molecule is Cc1cccc(-c2nc(CC(=O)N(C)Cc3cccc(F)c3)cs2)c1. The van der Waals surface area contributed by atoms with Gasteiger partial charge in [0.2, 0.25) is 5.91 Å². The third-order valence-electron chi connectivity index (χ3n) is 3.88. The van der Waals surface area contributed by atoms with Gasteiger partial charge in [0.1, 0.15) is 10.8 Å². The molecule has 0 atom stereocenters. The lowest BCUT2D eigenvalue weighted by atomic mass is 10.1. The van der Waals surface area contributed by atoms with Gasteiger partial charge in [-0.2, -0.15) is 0 Å². The number of rotatable bonds is 5. The molecular weight excluding hydrogens is 335 g/mol. The van der Waals surface area contributed by atoms with Crippen LogP contribution >= 0.6 is 11.3 Å². The summed E-state index contributed by atoms with van der Waals surface area (Å²) in [4.78, 5) is 18.6. The van der Waals surface area contributed by atoms with Crippen LogP contribution < -0.4 is 0 Å². The highest BCUT2D eigenvalue weighted by Crippen LogP contribution is 2.24. The summed E-state index contributed by atoms with van der Waals surface area (Å²) in [5.74, 6) is -0.328. The van der Waals surface area contributed by atoms with Gasteiger partial charge in [-0.1, -0.05) is 35.9 Å². The minimum Gasteiger partial charge on any atom is -0.341 e. The van der Waals surface area contributed by atoms with Crippen LogP contribution in [-0.4, -0.2) is 22.8 Å². The van der Waals surface area contributed by atoms with Gasteiger partial charge in [0, 0.05) is 24.5 Å². The Morgan fingerprint density at radius 2 is 2.00 bits per heavy atom. The molecule has 3 rings (SSSR count). The monoisotopic (exact) mass is 354 g/mol. The number of aryl methyl sites for hydroxylation is 1. The van der Waals surface area contributed by atoms with E-state index in [-0.39, 0.29) is 18.1 Å². The lowest BCUT2D eigenvalue weighted by Crippen LogP contribution is -2.27. The van der Waals surface area contributed by atoms with E-state index in [0.717, 1.165) is 21.8 Å². The van der Waals surface area contributed by atoms with E-state index in [2.05, 4.69) is 11.1 Å². The van der Waals surface area contributed by atoms with E-state index >= 15 is 0 Å². The summed E-state index contributed by atoms with van der Waals surface area (Å²) in [6, 6.07) is 14.5. The highest BCUT2D eigenvalue weighted by atomic mass is 32.1. The zero-order valence-corrected chi connectivity index (χ0v) is 15.0. The Kier molecular flexibility index (Phi) is 5.24. The molecule has 25 heavy (non-hydrogen) atoms. The quantitative estimate of drug-likeness (QED) is 0.678. The highest BCUT2D eigenvalue weighted by molar-refractivity contribution is 7.13. The normalized spacial score (nSPS) is 10.7. The molecule has 0 aliphatic rings. The molecule has 1 heterocycles. The molecule has 0 saturated carbocycles. The van der Waals surface area contributed by atoms with E-state index in [0.29, 0.717) is 6.54 Å². The largest absolute Gasteiger partial charge is 0.341 e. The first kappa shape index (κ1) is 17.3. The average molecular weight is 354 g/mol. The van der Waals surface area contributed by atoms with Crippen molar-refractivity contribution in [3.63, 3.8) is 0 Å². The molecule has 3 aromatic rings. The Morgan fingerprint density at radius 3 is 2.76 bits per heavy atom. The fourth-order valence-corrected chi connectivity index (χ4v) is 3.40. The molecule has 5 heteroatoms. The third kappa shape index (κ3) is 4.51. The van der Waals surface area contributed by atoms with Crippen LogP contribution in [0.2, 0.25) is 0 Å². The Labute approximate surface area is 150 Å². The zero-order chi connectivity index (χ0) is 17.8. The van der Waals surface area contributed by atoms with Crippen molar-refractivity contribution in [2.24, 2.45) is 0 Å². The molecule has 0 aliphatic heterocycles. The van der Waals surface area contributed by atoms with Crippen molar-refractivity contribution >= 4 is 17.2 Å². The minimum absolute atomic E-state index is 0.0367. The van der Waals surface area contributed by atoms with Gasteiger partial charge in [0.05, 0.1) is 12.1 Å². The number of hydrogen-bond acceptors (Lipinski definition) is 3. The zero-order valence-electron chi connectivity index (χ0n) is 14.2. The van der Waals surface area contributed by atoms with Gasteiger partial charge >= 0.3 is 0 Å². The van der Waals surface area contributed by atoms with Crippen molar-refractivity contribution < 1.29 is 9.18 Å². The van der Waals surface area contributed by atoms with E-state index in [1.165, 1.54) is 29.0 Å². The summed E-state index contributed by atoms with van der Waals surface area (Å²) >= 11 is 1.54. The van der Waals surface area contributed by atoms with Gasteiger partial charge in [0.15, 0.2) is 0 Å².